The molecule has 0 amide bonds. The summed E-state index contributed by atoms with van der Waals surface area (Å²) >= 11 is 0. The largest absolute Gasteiger partial charge is 0.467 e. The lowest BCUT2D eigenvalue weighted by molar-refractivity contribution is 0.493. The van der Waals surface area contributed by atoms with E-state index in [0.29, 0.717) is 18.2 Å². The zero-order valence-electron chi connectivity index (χ0n) is 13.3. The fourth-order valence-corrected chi connectivity index (χ4v) is 2.44. The fourth-order valence-electron chi connectivity index (χ4n) is 2.44. The van der Waals surface area contributed by atoms with Gasteiger partial charge in [0.05, 0.1) is 12.8 Å². The Morgan fingerprint density at radius 3 is 2.52 bits per heavy atom. The summed E-state index contributed by atoms with van der Waals surface area (Å²) in [6.07, 6.45) is 3.38. The standard InChI is InChI=1S/C20H14N4O/c1-2-7-16(8-3-1)11-12-19-22-23-20(18-10-4-5-13-21-18)24(19)15-17-9-6-14-25-17/h1-10,13-14H,15H2. The van der Waals surface area contributed by atoms with Gasteiger partial charge in [-0.1, -0.05) is 30.2 Å². The van der Waals surface area contributed by atoms with Crippen LogP contribution in [0.5, 0.6) is 0 Å². The summed E-state index contributed by atoms with van der Waals surface area (Å²) in [4.78, 5) is 4.37. The Morgan fingerprint density at radius 1 is 0.880 bits per heavy atom. The normalized spacial score (nSPS) is 10.2. The molecule has 5 nitrogen and oxygen atoms in total. The molecule has 0 spiro atoms. The summed E-state index contributed by atoms with van der Waals surface area (Å²) in [5.41, 5.74) is 1.67. The van der Waals surface area contributed by atoms with E-state index in [0.717, 1.165) is 17.0 Å². The van der Waals surface area contributed by atoms with Crippen LogP contribution >= 0.6 is 0 Å². The Hall–Kier alpha value is -3.65. The van der Waals surface area contributed by atoms with E-state index in [4.69, 9.17) is 4.42 Å². The number of furan rings is 1. The maximum atomic E-state index is 5.47. The molecule has 4 aromatic rings. The molecule has 0 saturated heterocycles. The van der Waals surface area contributed by atoms with Crippen molar-refractivity contribution < 1.29 is 4.42 Å². The minimum absolute atomic E-state index is 0.491. The van der Waals surface area contributed by atoms with E-state index in [1.807, 2.05) is 65.2 Å². The molecule has 0 N–H and O–H groups in total. The van der Waals surface area contributed by atoms with E-state index in [1.165, 1.54) is 0 Å². The SMILES string of the molecule is C(#Cc1nnc(-c2ccccn2)n1Cc1ccco1)c1ccccc1. The Kier molecular flexibility index (Phi) is 4.09. The van der Waals surface area contributed by atoms with Crippen LogP contribution in [0, 0.1) is 11.8 Å². The number of rotatable bonds is 3. The van der Waals surface area contributed by atoms with Gasteiger partial charge >= 0.3 is 0 Å². The molecular weight excluding hydrogens is 312 g/mol. The van der Waals surface area contributed by atoms with Crippen LogP contribution in [-0.2, 0) is 6.54 Å². The molecule has 5 heteroatoms. The Labute approximate surface area is 145 Å². The van der Waals surface area contributed by atoms with Gasteiger partial charge in [0.15, 0.2) is 5.82 Å². The van der Waals surface area contributed by atoms with Gasteiger partial charge in [0.1, 0.15) is 11.5 Å². The van der Waals surface area contributed by atoms with Gasteiger partial charge in [0.2, 0.25) is 5.82 Å². The molecule has 0 unspecified atom stereocenters. The average Bonchev–Trinajstić information content (AvgIpc) is 3.32. The smallest absolute Gasteiger partial charge is 0.209 e. The topological polar surface area (TPSA) is 56.7 Å². The van der Waals surface area contributed by atoms with Crippen molar-refractivity contribution in [3.05, 3.63) is 90.3 Å². The lowest BCUT2D eigenvalue weighted by Gasteiger charge is -2.05. The molecule has 0 radical (unpaired) electrons. The first kappa shape index (κ1) is 14.9. The summed E-state index contributed by atoms with van der Waals surface area (Å²) in [6.45, 7) is 0.491. The Bertz CT molecular complexity index is 1010. The lowest BCUT2D eigenvalue weighted by atomic mass is 10.2. The second-order valence-electron chi connectivity index (χ2n) is 5.34. The van der Waals surface area contributed by atoms with E-state index in [2.05, 4.69) is 27.0 Å². The molecule has 0 atom stereocenters. The molecule has 25 heavy (non-hydrogen) atoms. The number of benzene rings is 1. The predicted octanol–water partition coefficient (Wildman–Crippen LogP) is 3.38. The molecule has 0 fully saturated rings. The van der Waals surface area contributed by atoms with Crippen molar-refractivity contribution in [2.75, 3.05) is 0 Å². The third-order valence-electron chi connectivity index (χ3n) is 3.63. The highest BCUT2D eigenvalue weighted by molar-refractivity contribution is 5.51. The Balaban J connectivity index is 1.76. The summed E-state index contributed by atoms with van der Waals surface area (Å²) < 4.78 is 7.38. The summed E-state index contributed by atoms with van der Waals surface area (Å²) in [5.74, 6) is 8.26. The number of aromatic nitrogens is 4. The molecule has 0 aliphatic carbocycles. The van der Waals surface area contributed by atoms with E-state index in [9.17, 15) is 0 Å². The van der Waals surface area contributed by atoms with Crippen LogP contribution in [0.15, 0.2) is 77.5 Å². The van der Waals surface area contributed by atoms with Crippen LogP contribution in [-0.4, -0.2) is 19.7 Å². The van der Waals surface area contributed by atoms with Crippen LogP contribution in [0.2, 0.25) is 0 Å². The molecule has 1 aromatic carbocycles. The summed E-state index contributed by atoms with van der Waals surface area (Å²) in [7, 11) is 0. The first-order chi connectivity index (χ1) is 12.4. The first-order valence-corrected chi connectivity index (χ1v) is 7.84. The van der Waals surface area contributed by atoms with E-state index in [-0.39, 0.29) is 0 Å². The second kappa shape index (κ2) is 6.85. The quantitative estimate of drug-likeness (QED) is 0.542. The van der Waals surface area contributed by atoms with Gasteiger partial charge in [0.25, 0.3) is 0 Å². The van der Waals surface area contributed by atoms with Crippen molar-refractivity contribution in [3.63, 3.8) is 0 Å². The van der Waals surface area contributed by atoms with Gasteiger partial charge in [-0.25, -0.2) is 0 Å². The highest BCUT2D eigenvalue weighted by Gasteiger charge is 2.14. The number of pyridine rings is 1. The molecule has 3 heterocycles. The monoisotopic (exact) mass is 326 g/mol. The minimum Gasteiger partial charge on any atom is -0.467 e. The van der Waals surface area contributed by atoms with E-state index >= 15 is 0 Å². The summed E-state index contributed by atoms with van der Waals surface area (Å²) in [6, 6.07) is 19.2. The molecule has 0 aliphatic rings. The highest BCUT2D eigenvalue weighted by atomic mass is 16.3. The molecule has 120 valence electrons. The maximum absolute atomic E-state index is 5.47. The van der Waals surface area contributed by atoms with Crippen LogP contribution in [0.3, 0.4) is 0 Å². The minimum atomic E-state index is 0.491. The van der Waals surface area contributed by atoms with Crippen LogP contribution in [0.25, 0.3) is 11.5 Å². The average molecular weight is 326 g/mol. The van der Waals surface area contributed by atoms with Crippen molar-refractivity contribution in [2.45, 2.75) is 6.54 Å². The fraction of sp³-hybridized carbons (Fsp3) is 0.0500. The molecule has 3 aromatic heterocycles. The lowest BCUT2D eigenvalue weighted by Crippen LogP contribution is -2.05. The van der Waals surface area contributed by atoms with Gasteiger partial charge in [-0.3, -0.25) is 9.55 Å². The number of hydrogen-bond donors (Lipinski definition) is 0. The zero-order chi connectivity index (χ0) is 16.9. The van der Waals surface area contributed by atoms with Gasteiger partial charge in [-0.2, -0.15) is 0 Å². The highest BCUT2D eigenvalue weighted by Crippen LogP contribution is 2.17. The molecule has 0 bridgehead atoms. The van der Waals surface area contributed by atoms with Crippen LogP contribution in [0.4, 0.5) is 0 Å². The van der Waals surface area contributed by atoms with Gasteiger partial charge < -0.3 is 4.42 Å². The third kappa shape index (κ3) is 3.33. The van der Waals surface area contributed by atoms with Gasteiger partial charge in [-0.05, 0) is 42.3 Å². The van der Waals surface area contributed by atoms with Crippen LogP contribution < -0.4 is 0 Å². The Morgan fingerprint density at radius 2 is 1.76 bits per heavy atom. The maximum Gasteiger partial charge on any atom is 0.209 e. The summed E-state index contributed by atoms with van der Waals surface area (Å²) in [5, 5.41) is 8.53. The second-order valence-corrected chi connectivity index (χ2v) is 5.34. The molecule has 0 saturated carbocycles. The molecular formula is C20H14N4O. The predicted molar refractivity (Wildman–Crippen MR) is 93.5 cm³/mol. The zero-order valence-corrected chi connectivity index (χ0v) is 13.3. The number of nitrogens with zero attached hydrogens (tertiary/aromatic N) is 4. The van der Waals surface area contributed by atoms with Crippen molar-refractivity contribution in [2.24, 2.45) is 0 Å². The van der Waals surface area contributed by atoms with Gasteiger partial charge in [0, 0.05) is 11.8 Å². The van der Waals surface area contributed by atoms with Crippen molar-refractivity contribution >= 4 is 0 Å². The van der Waals surface area contributed by atoms with Crippen molar-refractivity contribution in [1.29, 1.82) is 0 Å². The van der Waals surface area contributed by atoms with Crippen molar-refractivity contribution in [3.8, 4) is 23.4 Å². The van der Waals surface area contributed by atoms with E-state index in [1.54, 1.807) is 12.5 Å². The van der Waals surface area contributed by atoms with Crippen LogP contribution in [0.1, 0.15) is 17.1 Å². The first-order valence-electron chi connectivity index (χ1n) is 7.84. The number of hydrogen-bond acceptors (Lipinski definition) is 4. The third-order valence-corrected chi connectivity index (χ3v) is 3.63. The molecule has 4 rings (SSSR count). The van der Waals surface area contributed by atoms with Gasteiger partial charge in [-0.15, -0.1) is 10.2 Å². The molecule has 0 aliphatic heterocycles. The van der Waals surface area contributed by atoms with Crippen molar-refractivity contribution in [1.82, 2.24) is 19.7 Å². The van der Waals surface area contributed by atoms with E-state index < -0.39 is 0 Å².